The minimum absolute atomic E-state index is 0.101. The lowest BCUT2D eigenvalue weighted by Crippen LogP contribution is -2.10. The Balaban J connectivity index is 1.78. The van der Waals surface area contributed by atoms with Gasteiger partial charge in [-0.05, 0) is 73.4 Å². The maximum Gasteiger partial charge on any atom is 0.333 e. The summed E-state index contributed by atoms with van der Waals surface area (Å²) in [6.45, 7) is 5.69. The lowest BCUT2D eigenvalue weighted by atomic mass is 10.1. The molecule has 0 fully saturated rings. The van der Waals surface area contributed by atoms with E-state index in [4.69, 9.17) is 18.9 Å². The topological polar surface area (TPSA) is 88.1 Å². The number of sulfone groups is 1. The summed E-state index contributed by atoms with van der Waals surface area (Å²) >= 11 is 0. The number of rotatable bonds is 9. The molecule has 0 saturated heterocycles. The summed E-state index contributed by atoms with van der Waals surface area (Å²) in [6, 6.07) is 10.2. The van der Waals surface area contributed by atoms with E-state index in [1.54, 1.807) is 24.3 Å². The summed E-state index contributed by atoms with van der Waals surface area (Å²) in [5.74, 6) is 1.11. The van der Waals surface area contributed by atoms with E-state index >= 15 is 0 Å². The zero-order valence-electron chi connectivity index (χ0n) is 18.6. The maximum atomic E-state index is 12.6. The molecule has 0 amide bonds. The fourth-order valence-electron chi connectivity index (χ4n) is 3.33. The quantitative estimate of drug-likeness (QED) is 0.407. The third-order valence-electron chi connectivity index (χ3n) is 4.95. The monoisotopic (exact) mass is 460 g/mol. The number of benzene rings is 2. The van der Waals surface area contributed by atoms with Gasteiger partial charge in [0, 0.05) is 12.2 Å². The second-order valence-corrected chi connectivity index (χ2v) is 9.50. The molecule has 172 valence electrons. The number of ether oxygens (including phenoxy) is 4. The van der Waals surface area contributed by atoms with Crippen molar-refractivity contribution in [2.75, 3.05) is 32.7 Å². The van der Waals surface area contributed by atoms with E-state index in [-0.39, 0.29) is 17.1 Å². The van der Waals surface area contributed by atoms with E-state index < -0.39 is 15.8 Å². The van der Waals surface area contributed by atoms with E-state index in [9.17, 15) is 13.2 Å². The van der Waals surface area contributed by atoms with Crippen molar-refractivity contribution in [3.63, 3.8) is 0 Å². The fourth-order valence-corrected chi connectivity index (χ4v) is 4.79. The van der Waals surface area contributed by atoms with Crippen LogP contribution in [0, 0.1) is 6.92 Å². The van der Waals surface area contributed by atoms with Gasteiger partial charge in [-0.25, -0.2) is 13.2 Å². The molecule has 0 radical (unpaired) electrons. The molecule has 3 rings (SSSR count). The summed E-state index contributed by atoms with van der Waals surface area (Å²) < 4.78 is 47.1. The number of aryl methyl sites for hydroxylation is 1. The van der Waals surface area contributed by atoms with Gasteiger partial charge in [-0.1, -0.05) is 6.92 Å². The average Bonchev–Trinajstić information content (AvgIpc) is 2.90. The number of fused-ring (bicyclic) bond motifs is 1. The number of hydrogen-bond acceptors (Lipinski definition) is 7. The van der Waals surface area contributed by atoms with Gasteiger partial charge < -0.3 is 18.9 Å². The van der Waals surface area contributed by atoms with Gasteiger partial charge in [-0.15, -0.1) is 0 Å². The van der Waals surface area contributed by atoms with E-state index in [1.807, 2.05) is 19.1 Å². The molecule has 1 aliphatic rings. The first-order valence-electron chi connectivity index (χ1n) is 10.5. The number of carbonyl (C=O) groups is 1. The van der Waals surface area contributed by atoms with Gasteiger partial charge in [0.2, 0.25) is 0 Å². The molecule has 0 saturated carbocycles. The standard InChI is InChI=1S/C24H28O7S/c1-4-10-29-11-12-30-22-7-5-20(14-17(22)2)31-21-6-8-23-19(16-21)15-18(24(25)28-3)9-13-32(23,26)27/h5-8,14-16H,4,9-13H2,1-3H3. The smallest absolute Gasteiger partial charge is 0.333 e. The van der Waals surface area contributed by atoms with Crippen LogP contribution in [0.25, 0.3) is 6.08 Å². The zero-order chi connectivity index (χ0) is 23.1. The van der Waals surface area contributed by atoms with Gasteiger partial charge in [0.05, 0.1) is 24.4 Å². The second-order valence-electron chi connectivity index (χ2n) is 7.42. The molecule has 2 aromatic rings. The molecule has 0 bridgehead atoms. The summed E-state index contributed by atoms with van der Waals surface area (Å²) in [5.41, 5.74) is 1.62. The van der Waals surface area contributed by atoms with Crippen LogP contribution in [0.1, 0.15) is 30.9 Å². The summed E-state index contributed by atoms with van der Waals surface area (Å²) in [4.78, 5) is 12.2. The highest BCUT2D eigenvalue weighted by atomic mass is 32.2. The van der Waals surface area contributed by atoms with Crippen LogP contribution in [0.5, 0.6) is 17.2 Å². The fraction of sp³-hybridized carbons (Fsp3) is 0.375. The summed E-state index contributed by atoms with van der Waals surface area (Å²) in [7, 11) is -2.24. The Kier molecular flexibility index (Phi) is 7.93. The maximum absolute atomic E-state index is 12.6. The van der Waals surface area contributed by atoms with Crippen molar-refractivity contribution in [1.82, 2.24) is 0 Å². The Morgan fingerprint density at radius 2 is 1.78 bits per heavy atom. The first kappa shape index (κ1) is 23.8. The molecule has 7 nitrogen and oxygen atoms in total. The summed E-state index contributed by atoms with van der Waals surface area (Å²) in [5, 5.41) is 0. The molecule has 0 spiro atoms. The number of methoxy groups -OCH3 is 1. The van der Waals surface area contributed by atoms with Crippen LogP contribution in [0.15, 0.2) is 46.9 Å². The average molecular weight is 461 g/mol. The van der Waals surface area contributed by atoms with E-state index in [0.29, 0.717) is 42.5 Å². The van der Waals surface area contributed by atoms with E-state index in [2.05, 4.69) is 6.92 Å². The van der Waals surface area contributed by atoms with Crippen molar-refractivity contribution in [2.45, 2.75) is 31.6 Å². The van der Waals surface area contributed by atoms with Crippen LogP contribution in [0.3, 0.4) is 0 Å². The first-order valence-corrected chi connectivity index (χ1v) is 12.1. The minimum atomic E-state index is -3.51. The highest BCUT2D eigenvalue weighted by Crippen LogP contribution is 2.33. The lowest BCUT2D eigenvalue weighted by Gasteiger charge is -2.13. The third-order valence-corrected chi connectivity index (χ3v) is 6.73. The molecule has 0 atom stereocenters. The molecule has 0 unspecified atom stereocenters. The predicted octanol–water partition coefficient (Wildman–Crippen LogP) is 4.33. The van der Waals surface area contributed by atoms with Crippen molar-refractivity contribution in [1.29, 1.82) is 0 Å². The van der Waals surface area contributed by atoms with Crippen molar-refractivity contribution in [3.8, 4) is 17.2 Å². The van der Waals surface area contributed by atoms with Gasteiger partial charge in [-0.3, -0.25) is 0 Å². The number of esters is 1. The van der Waals surface area contributed by atoms with Crippen molar-refractivity contribution in [2.24, 2.45) is 0 Å². The normalized spacial score (nSPS) is 14.7. The number of hydrogen-bond donors (Lipinski definition) is 0. The molecule has 1 heterocycles. The minimum Gasteiger partial charge on any atom is -0.491 e. The molecule has 0 N–H and O–H groups in total. The molecule has 8 heteroatoms. The van der Waals surface area contributed by atoms with Crippen LogP contribution < -0.4 is 9.47 Å². The Morgan fingerprint density at radius 3 is 2.50 bits per heavy atom. The van der Waals surface area contributed by atoms with Gasteiger partial charge in [-0.2, -0.15) is 0 Å². The van der Waals surface area contributed by atoms with Gasteiger partial charge in [0.15, 0.2) is 9.84 Å². The lowest BCUT2D eigenvalue weighted by molar-refractivity contribution is -0.136. The Hall–Kier alpha value is -2.84. The van der Waals surface area contributed by atoms with Gasteiger partial charge in [0.25, 0.3) is 0 Å². The third kappa shape index (κ3) is 5.89. The second kappa shape index (κ2) is 10.7. The first-order chi connectivity index (χ1) is 15.3. The molecular weight excluding hydrogens is 432 g/mol. The Bertz CT molecular complexity index is 1100. The van der Waals surface area contributed by atoms with Gasteiger partial charge in [0.1, 0.15) is 23.9 Å². The van der Waals surface area contributed by atoms with Crippen LogP contribution in [-0.4, -0.2) is 47.1 Å². The molecular formula is C24H28O7S. The molecule has 0 aromatic heterocycles. The van der Waals surface area contributed by atoms with Crippen molar-refractivity contribution >= 4 is 21.9 Å². The molecule has 1 aliphatic heterocycles. The van der Waals surface area contributed by atoms with Crippen molar-refractivity contribution < 1.29 is 32.2 Å². The number of carbonyl (C=O) groups excluding carboxylic acids is 1. The highest BCUT2D eigenvalue weighted by Gasteiger charge is 2.25. The predicted molar refractivity (Wildman–Crippen MR) is 121 cm³/mol. The van der Waals surface area contributed by atoms with Crippen LogP contribution >= 0.6 is 0 Å². The van der Waals surface area contributed by atoms with E-state index in [0.717, 1.165) is 17.7 Å². The van der Waals surface area contributed by atoms with Crippen LogP contribution in [0.4, 0.5) is 0 Å². The SMILES string of the molecule is CCCOCCOc1ccc(Oc2ccc3c(c2)C=C(C(=O)OC)CCS3(=O)=O)cc1C. The molecule has 32 heavy (non-hydrogen) atoms. The summed E-state index contributed by atoms with van der Waals surface area (Å²) in [6.07, 6.45) is 2.63. The Morgan fingerprint density at radius 1 is 1.03 bits per heavy atom. The molecule has 2 aromatic carbocycles. The van der Waals surface area contributed by atoms with Crippen molar-refractivity contribution in [3.05, 3.63) is 53.1 Å². The van der Waals surface area contributed by atoms with Crippen LogP contribution in [-0.2, 0) is 24.1 Å². The zero-order valence-corrected chi connectivity index (χ0v) is 19.4. The van der Waals surface area contributed by atoms with E-state index in [1.165, 1.54) is 13.2 Å². The molecule has 0 aliphatic carbocycles. The largest absolute Gasteiger partial charge is 0.491 e. The van der Waals surface area contributed by atoms with Gasteiger partial charge >= 0.3 is 5.97 Å². The highest BCUT2D eigenvalue weighted by molar-refractivity contribution is 7.91. The Labute approximate surface area is 188 Å². The van der Waals surface area contributed by atoms with Crippen LogP contribution in [0.2, 0.25) is 0 Å².